The second-order valence-corrected chi connectivity index (χ2v) is 8.97. The van der Waals surface area contributed by atoms with E-state index in [1.54, 1.807) is 13.1 Å². The fourth-order valence-corrected chi connectivity index (χ4v) is 4.62. The number of amides is 4. The Balaban J connectivity index is 1.46. The third-order valence-corrected chi connectivity index (χ3v) is 6.61. The highest BCUT2D eigenvalue weighted by Gasteiger charge is 2.56. The zero-order valence-electron chi connectivity index (χ0n) is 15.9. The Morgan fingerprint density at radius 1 is 1.36 bits per heavy atom. The Morgan fingerprint density at radius 2 is 2.11 bits per heavy atom. The summed E-state index contributed by atoms with van der Waals surface area (Å²) < 4.78 is 0. The number of carbonyl (C=O) groups is 3. The maximum absolute atomic E-state index is 12.8. The number of aromatic nitrogens is 1. The highest BCUT2D eigenvalue weighted by Crippen LogP contribution is 2.42. The molecule has 1 aliphatic heterocycles. The fraction of sp³-hybridized carbons (Fsp3) is 0.600. The zero-order chi connectivity index (χ0) is 19.8. The molecule has 8 heteroatoms. The van der Waals surface area contributed by atoms with Gasteiger partial charge in [0.1, 0.15) is 17.6 Å². The minimum Gasteiger partial charge on any atom is -0.338 e. The molecule has 2 heterocycles. The van der Waals surface area contributed by atoms with Crippen LogP contribution >= 0.6 is 11.3 Å². The van der Waals surface area contributed by atoms with Gasteiger partial charge in [0.15, 0.2) is 5.01 Å². The number of carbonyl (C=O) groups excluding carboxylic acids is 3. The number of imide groups is 1. The summed E-state index contributed by atoms with van der Waals surface area (Å²) in [5, 5.41) is 8.38. The third-order valence-electron chi connectivity index (χ3n) is 5.92. The van der Waals surface area contributed by atoms with Crippen LogP contribution in [-0.2, 0) is 9.59 Å². The van der Waals surface area contributed by atoms with Crippen molar-refractivity contribution in [2.75, 3.05) is 6.54 Å². The van der Waals surface area contributed by atoms with Crippen LogP contribution in [0, 0.1) is 17.8 Å². The molecule has 2 saturated carbocycles. The topological polar surface area (TPSA) is 91.4 Å². The van der Waals surface area contributed by atoms with E-state index < -0.39 is 17.1 Å². The van der Waals surface area contributed by atoms with E-state index in [0.29, 0.717) is 5.01 Å². The quantitative estimate of drug-likeness (QED) is 0.598. The van der Waals surface area contributed by atoms with Gasteiger partial charge in [0.05, 0.1) is 0 Å². The van der Waals surface area contributed by atoms with Gasteiger partial charge in [-0.2, -0.15) is 0 Å². The van der Waals surface area contributed by atoms with Crippen molar-refractivity contribution in [3.63, 3.8) is 0 Å². The Labute approximate surface area is 168 Å². The predicted octanol–water partition coefficient (Wildman–Crippen LogP) is 2.03. The van der Waals surface area contributed by atoms with Crippen LogP contribution in [0.25, 0.3) is 0 Å². The van der Waals surface area contributed by atoms with Crippen molar-refractivity contribution in [2.24, 2.45) is 5.92 Å². The molecule has 0 spiro atoms. The summed E-state index contributed by atoms with van der Waals surface area (Å²) in [5.74, 6) is 5.81. The summed E-state index contributed by atoms with van der Waals surface area (Å²) in [5.41, 5.74) is -1.50. The van der Waals surface area contributed by atoms with Gasteiger partial charge in [-0.3, -0.25) is 14.5 Å². The summed E-state index contributed by atoms with van der Waals surface area (Å²) in [6, 6.07) is -0.485. The molecular formula is C20H24N4O3S. The van der Waals surface area contributed by atoms with Crippen molar-refractivity contribution < 1.29 is 14.4 Å². The number of nitrogens with zero attached hydrogens (tertiary/aromatic N) is 2. The van der Waals surface area contributed by atoms with Crippen LogP contribution < -0.4 is 10.6 Å². The van der Waals surface area contributed by atoms with Crippen LogP contribution in [0.3, 0.4) is 0 Å². The first-order chi connectivity index (χ1) is 13.4. The number of rotatable bonds is 4. The van der Waals surface area contributed by atoms with E-state index >= 15 is 0 Å². The van der Waals surface area contributed by atoms with Gasteiger partial charge in [-0.25, -0.2) is 9.78 Å². The molecule has 3 aliphatic rings. The highest BCUT2D eigenvalue weighted by atomic mass is 32.1. The molecule has 0 aromatic carbocycles. The van der Waals surface area contributed by atoms with Crippen LogP contribution in [0.1, 0.15) is 56.9 Å². The van der Waals surface area contributed by atoms with E-state index in [1.807, 2.05) is 5.38 Å². The second-order valence-electron chi connectivity index (χ2n) is 8.08. The second kappa shape index (κ2) is 7.21. The minimum absolute atomic E-state index is 0.172. The third kappa shape index (κ3) is 3.63. The molecule has 4 amide bonds. The van der Waals surface area contributed by atoms with Gasteiger partial charge < -0.3 is 10.6 Å². The lowest BCUT2D eigenvalue weighted by atomic mass is 9.82. The maximum atomic E-state index is 12.8. The summed E-state index contributed by atoms with van der Waals surface area (Å²) >= 11 is 1.46. The first-order valence-corrected chi connectivity index (χ1v) is 10.7. The fourth-order valence-electron chi connectivity index (χ4n) is 4.14. The van der Waals surface area contributed by atoms with Gasteiger partial charge in [-0.05, 0) is 44.4 Å². The Bertz CT molecular complexity index is 847. The lowest BCUT2D eigenvalue weighted by Crippen LogP contribution is -2.53. The SMILES string of the molecule is CC1(C2CC2)NC(=O)N(CC(=O)NC2(C#Cc3nccs3)CCCCC2)C1=O. The smallest absolute Gasteiger partial charge is 0.325 e. The normalized spacial score (nSPS) is 26.4. The minimum atomic E-state index is -0.871. The van der Waals surface area contributed by atoms with Gasteiger partial charge in [-0.15, -0.1) is 11.3 Å². The van der Waals surface area contributed by atoms with E-state index in [1.165, 1.54) is 11.3 Å². The molecule has 7 nitrogen and oxygen atoms in total. The molecule has 1 saturated heterocycles. The molecule has 4 rings (SSSR count). The maximum Gasteiger partial charge on any atom is 0.325 e. The van der Waals surface area contributed by atoms with Crippen LogP contribution in [-0.4, -0.2) is 45.4 Å². The van der Waals surface area contributed by atoms with Crippen molar-refractivity contribution in [2.45, 2.75) is 62.9 Å². The zero-order valence-corrected chi connectivity index (χ0v) is 16.7. The monoisotopic (exact) mass is 400 g/mol. The molecule has 1 atom stereocenters. The van der Waals surface area contributed by atoms with E-state index in [2.05, 4.69) is 27.5 Å². The standard InChI is InChI=1S/C20H24N4O3S/c1-19(14-5-6-14)17(26)24(18(27)23-19)13-15(25)22-20(8-3-2-4-9-20)10-7-16-21-11-12-28-16/h11-12,14H,2-6,8-9,13H2,1H3,(H,22,25)(H,23,27). The number of thiazole rings is 1. The number of nitrogens with one attached hydrogen (secondary N) is 2. The summed E-state index contributed by atoms with van der Waals surface area (Å²) in [6.45, 7) is 1.48. The molecule has 3 fully saturated rings. The molecule has 28 heavy (non-hydrogen) atoms. The lowest BCUT2D eigenvalue weighted by molar-refractivity contribution is -0.135. The number of hydrogen-bond acceptors (Lipinski definition) is 5. The molecule has 0 bridgehead atoms. The van der Waals surface area contributed by atoms with Crippen molar-refractivity contribution >= 4 is 29.2 Å². The van der Waals surface area contributed by atoms with Crippen molar-refractivity contribution in [1.82, 2.24) is 20.5 Å². The van der Waals surface area contributed by atoms with E-state index in [9.17, 15) is 14.4 Å². The average Bonchev–Trinajstić information content (AvgIpc) is 3.36. The van der Waals surface area contributed by atoms with Crippen molar-refractivity contribution in [3.8, 4) is 11.8 Å². The predicted molar refractivity (Wildman–Crippen MR) is 104 cm³/mol. The molecule has 2 N–H and O–H groups in total. The van der Waals surface area contributed by atoms with Crippen LogP contribution in [0.15, 0.2) is 11.6 Å². The van der Waals surface area contributed by atoms with E-state index in [-0.39, 0.29) is 24.3 Å². The lowest BCUT2D eigenvalue weighted by Gasteiger charge is -2.33. The molecule has 1 aromatic rings. The molecular weight excluding hydrogens is 376 g/mol. The molecule has 2 aliphatic carbocycles. The average molecular weight is 401 g/mol. The first-order valence-electron chi connectivity index (χ1n) is 9.80. The number of hydrogen-bond donors (Lipinski definition) is 2. The van der Waals surface area contributed by atoms with Gasteiger partial charge in [0.2, 0.25) is 5.91 Å². The summed E-state index contributed by atoms with van der Waals surface area (Å²) in [6.07, 6.45) is 8.16. The molecule has 0 radical (unpaired) electrons. The van der Waals surface area contributed by atoms with Crippen molar-refractivity contribution in [3.05, 3.63) is 16.6 Å². The highest BCUT2D eigenvalue weighted by molar-refractivity contribution is 7.10. The van der Waals surface area contributed by atoms with Crippen LogP contribution in [0.5, 0.6) is 0 Å². The largest absolute Gasteiger partial charge is 0.338 e. The van der Waals surface area contributed by atoms with Gasteiger partial charge in [0, 0.05) is 11.6 Å². The van der Waals surface area contributed by atoms with E-state index in [0.717, 1.165) is 49.8 Å². The van der Waals surface area contributed by atoms with Gasteiger partial charge in [0.25, 0.3) is 5.91 Å². The molecule has 1 unspecified atom stereocenters. The first kappa shape index (κ1) is 18.9. The van der Waals surface area contributed by atoms with Crippen molar-refractivity contribution in [1.29, 1.82) is 0 Å². The summed E-state index contributed by atoms with van der Waals surface area (Å²) in [7, 11) is 0. The summed E-state index contributed by atoms with van der Waals surface area (Å²) in [4.78, 5) is 43.0. The molecule has 148 valence electrons. The van der Waals surface area contributed by atoms with Gasteiger partial charge in [-0.1, -0.05) is 25.2 Å². The number of urea groups is 1. The Kier molecular flexibility index (Phi) is 4.88. The Morgan fingerprint density at radius 3 is 2.75 bits per heavy atom. The molecule has 1 aromatic heterocycles. The van der Waals surface area contributed by atoms with Gasteiger partial charge >= 0.3 is 6.03 Å². The van der Waals surface area contributed by atoms with E-state index in [4.69, 9.17) is 0 Å². The Hall–Kier alpha value is -2.40. The van der Waals surface area contributed by atoms with Crippen LogP contribution in [0.2, 0.25) is 0 Å². The van der Waals surface area contributed by atoms with Crippen LogP contribution in [0.4, 0.5) is 4.79 Å².